The van der Waals surface area contributed by atoms with Crippen molar-refractivity contribution in [3.8, 4) is 11.5 Å². The van der Waals surface area contributed by atoms with Crippen molar-refractivity contribution < 1.29 is 14.3 Å². The highest BCUT2D eigenvalue weighted by Gasteiger charge is 2.07. The number of carbonyl (C=O) groups is 1. The van der Waals surface area contributed by atoms with Crippen LogP contribution in [0.15, 0.2) is 42.5 Å². The van der Waals surface area contributed by atoms with Gasteiger partial charge in [0, 0.05) is 12.1 Å². The van der Waals surface area contributed by atoms with Crippen molar-refractivity contribution in [1.29, 1.82) is 0 Å². The van der Waals surface area contributed by atoms with Crippen LogP contribution in [-0.2, 0) is 11.3 Å². The zero-order valence-electron chi connectivity index (χ0n) is 13.2. The van der Waals surface area contributed by atoms with Gasteiger partial charge in [0.2, 0.25) is 0 Å². The Morgan fingerprint density at radius 1 is 1.09 bits per heavy atom. The Balaban J connectivity index is 1.85. The van der Waals surface area contributed by atoms with Gasteiger partial charge in [0.1, 0.15) is 11.5 Å². The smallest absolute Gasteiger partial charge is 0.258 e. The molecule has 0 heterocycles. The monoisotopic (exact) mass is 299 g/mol. The summed E-state index contributed by atoms with van der Waals surface area (Å²) in [5.41, 5.74) is 3.13. The summed E-state index contributed by atoms with van der Waals surface area (Å²) in [4.78, 5) is 11.9. The number of ether oxygens (including phenoxy) is 2. The van der Waals surface area contributed by atoms with Gasteiger partial charge >= 0.3 is 0 Å². The van der Waals surface area contributed by atoms with Crippen LogP contribution in [0.5, 0.6) is 11.5 Å². The molecule has 0 radical (unpaired) electrons. The molecule has 4 heteroatoms. The molecule has 22 heavy (non-hydrogen) atoms. The van der Waals surface area contributed by atoms with E-state index in [1.807, 2.05) is 56.3 Å². The average Bonchev–Trinajstić information content (AvgIpc) is 2.52. The summed E-state index contributed by atoms with van der Waals surface area (Å²) in [5, 5.41) is 2.83. The Labute approximate surface area is 131 Å². The lowest BCUT2D eigenvalue weighted by Gasteiger charge is -2.11. The first-order chi connectivity index (χ1) is 10.6. The van der Waals surface area contributed by atoms with Crippen molar-refractivity contribution in [2.24, 2.45) is 0 Å². The number of hydrogen-bond acceptors (Lipinski definition) is 3. The van der Waals surface area contributed by atoms with Crippen LogP contribution in [0, 0.1) is 13.8 Å². The molecule has 1 N–H and O–H groups in total. The maximum absolute atomic E-state index is 11.9. The van der Waals surface area contributed by atoms with E-state index in [1.54, 1.807) is 7.11 Å². The van der Waals surface area contributed by atoms with Gasteiger partial charge in [-0.2, -0.15) is 0 Å². The summed E-state index contributed by atoms with van der Waals surface area (Å²) in [5.74, 6) is 1.34. The highest BCUT2D eigenvalue weighted by molar-refractivity contribution is 5.77. The number of carbonyl (C=O) groups excluding carboxylic acids is 1. The first kappa shape index (κ1) is 15.9. The second-order valence-electron chi connectivity index (χ2n) is 5.15. The number of hydrogen-bond donors (Lipinski definition) is 1. The number of methoxy groups -OCH3 is 1. The molecule has 0 bridgehead atoms. The van der Waals surface area contributed by atoms with E-state index in [-0.39, 0.29) is 12.5 Å². The molecule has 4 nitrogen and oxygen atoms in total. The van der Waals surface area contributed by atoms with Crippen molar-refractivity contribution in [3.05, 3.63) is 59.2 Å². The molecule has 2 rings (SSSR count). The fourth-order valence-electron chi connectivity index (χ4n) is 2.20. The van der Waals surface area contributed by atoms with Gasteiger partial charge in [-0.25, -0.2) is 0 Å². The largest absolute Gasteiger partial charge is 0.496 e. The number of para-hydroxylation sites is 1. The normalized spacial score (nSPS) is 10.1. The minimum atomic E-state index is -0.161. The molecule has 0 fully saturated rings. The molecule has 2 aromatic carbocycles. The lowest BCUT2D eigenvalue weighted by molar-refractivity contribution is -0.123. The summed E-state index contributed by atoms with van der Waals surface area (Å²) in [7, 11) is 1.62. The molecular formula is C18H21NO3. The number of rotatable bonds is 6. The van der Waals surface area contributed by atoms with Gasteiger partial charge in [-0.05, 0) is 31.5 Å². The standard InChI is InChI=1S/C18H21NO3/c1-13-8-9-16(14(2)10-13)22-12-18(20)19-11-15-6-4-5-7-17(15)21-3/h4-10H,11-12H2,1-3H3,(H,19,20). The number of benzene rings is 2. The number of amides is 1. The maximum Gasteiger partial charge on any atom is 0.258 e. The Hall–Kier alpha value is -2.49. The molecule has 0 saturated carbocycles. The third kappa shape index (κ3) is 4.25. The van der Waals surface area contributed by atoms with Crippen molar-refractivity contribution >= 4 is 5.91 Å². The number of nitrogens with one attached hydrogen (secondary N) is 1. The highest BCUT2D eigenvalue weighted by atomic mass is 16.5. The molecule has 0 aliphatic rings. The Morgan fingerprint density at radius 2 is 1.86 bits per heavy atom. The molecule has 0 aromatic heterocycles. The van der Waals surface area contributed by atoms with Crippen molar-refractivity contribution in [3.63, 3.8) is 0 Å². The van der Waals surface area contributed by atoms with Crippen LogP contribution in [0.3, 0.4) is 0 Å². The fourth-order valence-corrected chi connectivity index (χ4v) is 2.20. The van der Waals surface area contributed by atoms with Crippen LogP contribution in [0.1, 0.15) is 16.7 Å². The van der Waals surface area contributed by atoms with E-state index < -0.39 is 0 Å². The van der Waals surface area contributed by atoms with Crippen LogP contribution < -0.4 is 14.8 Å². The Kier molecular flexibility index (Phi) is 5.42. The second-order valence-corrected chi connectivity index (χ2v) is 5.15. The zero-order valence-corrected chi connectivity index (χ0v) is 13.2. The third-order valence-electron chi connectivity index (χ3n) is 3.36. The minimum Gasteiger partial charge on any atom is -0.496 e. The summed E-state index contributed by atoms with van der Waals surface area (Å²) >= 11 is 0. The van der Waals surface area contributed by atoms with E-state index >= 15 is 0 Å². The van der Waals surface area contributed by atoms with Gasteiger partial charge in [-0.15, -0.1) is 0 Å². The predicted molar refractivity (Wildman–Crippen MR) is 86.3 cm³/mol. The molecule has 0 unspecified atom stereocenters. The lowest BCUT2D eigenvalue weighted by Crippen LogP contribution is -2.28. The van der Waals surface area contributed by atoms with E-state index in [0.717, 1.165) is 22.6 Å². The molecule has 2 aromatic rings. The van der Waals surface area contributed by atoms with Crippen molar-refractivity contribution in [1.82, 2.24) is 5.32 Å². The van der Waals surface area contributed by atoms with Crippen molar-refractivity contribution in [2.75, 3.05) is 13.7 Å². The quantitative estimate of drug-likeness (QED) is 0.892. The number of aryl methyl sites for hydroxylation is 2. The predicted octanol–water partition coefficient (Wildman–Crippen LogP) is 3.01. The molecule has 116 valence electrons. The molecule has 0 spiro atoms. The third-order valence-corrected chi connectivity index (χ3v) is 3.36. The molecule has 0 aliphatic carbocycles. The van der Waals surface area contributed by atoms with Crippen LogP contribution >= 0.6 is 0 Å². The minimum absolute atomic E-state index is 0.000942. The molecule has 1 amide bonds. The van der Waals surface area contributed by atoms with Gasteiger partial charge in [0.25, 0.3) is 5.91 Å². The summed E-state index contributed by atoms with van der Waals surface area (Å²) < 4.78 is 10.8. The van der Waals surface area contributed by atoms with Crippen molar-refractivity contribution in [2.45, 2.75) is 20.4 Å². The molecular weight excluding hydrogens is 278 g/mol. The van der Waals surface area contributed by atoms with E-state index in [9.17, 15) is 4.79 Å². The summed E-state index contributed by atoms with van der Waals surface area (Å²) in [6.45, 7) is 4.41. The SMILES string of the molecule is COc1ccccc1CNC(=O)COc1ccc(C)cc1C. The van der Waals surface area contributed by atoms with Gasteiger partial charge in [0.05, 0.1) is 7.11 Å². The van der Waals surface area contributed by atoms with Gasteiger partial charge in [0.15, 0.2) is 6.61 Å². The zero-order chi connectivity index (χ0) is 15.9. The van der Waals surface area contributed by atoms with Crippen LogP contribution in [0.2, 0.25) is 0 Å². The first-order valence-corrected chi connectivity index (χ1v) is 7.19. The Morgan fingerprint density at radius 3 is 2.59 bits per heavy atom. The van der Waals surface area contributed by atoms with Gasteiger partial charge in [-0.1, -0.05) is 35.9 Å². The first-order valence-electron chi connectivity index (χ1n) is 7.19. The van der Waals surface area contributed by atoms with Crippen LogP contribution in [-0.4, -0.2) is 19.6 Å². The van der Waals surface area contributed by atoms with E-state index in [4.69, 9.17) is 9.47 Å². The van der Waals surface area contributed by atoms with E-state index in [2.05, 4.69) is 5.32 Å². The summed E-state index contributed by atoms with van der Waals surface area (Å²) in [6.07, 6.45) is 0. The molecule has 0 atom stereocenters. The topological polar surface area (TPSA) is 47.6 Å². The highest BCUT2D eigenvalue weighted by Crippen LogP contribution is 2.19. The Bertz CT molecular complexity index is 653. The van der Waals surface area contributed by atoms with Gasteiger partial charge in [-0.3, -0.25) is 4.79 Å². The molecule has 0 aliphatic heterocycles. The van der Waals surface area contributed by atoms with Crippen LogP contribution in [0.4, 0.5) is 0 Å². The average molecular weight is 299 g/mol. The van der Waals surface area contributed by atoms with Gasteiger partial charge < -0.3 is 14.8 Å². The second kappa shape index (κ2) is 7.50. The fraction of sp³-hybridized carbons (Fsp3) is 0.278. The van der Waals surface area contributed by atoms with Crippen LogP contribution in [0.25, 0.3) is 0 Å². The maximum atomic E-state index is 11.9. The molecule has 0 saturated heterocycles. The lowest BCUT2D eigenvalue weighted by atomic mass is 10.1. The van der Waals surface area contributed by atoms with E-state index in [0.29, 0.717) is 6.54 Å². The summed E-state index contributed by atoms with van der Waals surface area (Å²) in [6, 6.07) is 13.5. The van der Waals surface area contributed by atoms with E-state index in [1.165, 1.54) is 5.56 Å².